The first-order valence-electron chi connectivity index (χ1n) is 8.99. The van der Waals surface area contributed by atoms with Gasteiger partial charge in [-0.15, -0.1) is 0 Å². The van der Waals surface area contributed by atoms with Crippen LogP contribution in [0.3, 0.4) is 0 Å². The molecule has 0 N–H and O–H groups in total. The molecule has 0 atom stereocenters. The predicted molar refractivity (Wildman–Crippen MR) is 108 cm³/mol. The molecule has 2 heteroatoms. The number of hydrogen-bond acceptors (Lipinski definition) is 1. The van der Waals surface area contributed by atoms with Crippen LogP contribution < -0.4 is 4.74 Å². The first-order chi connectivity index (χ1) is 12.7. The van der Waals surface area contributed by atoms with Gasteiger partial charge >= 0.3 is 0 Å². The Hall–Kier alpha value is -2.51. The highest BCUT2D eigenvalue weighted by atomic mass is 35.5. The largest absolute Gasteiger partial charge is 0.457 e. The van der Waals surface area contributed by atoms with Gasteiger partial charge < -0.3 is 4.74 Å². The van der Waals surface area contributed by atoms with Crippen LogP contribution in [0.5, 0.6) is 11.5 Å². The normalized spacial score (nSPS) is 15.1. The van der Waals surface area contributed by atoms with E-state index in [1.807, 2.05) is 54.6 Å². The Morgan fingerprint density at radius 3 is 2.12 bits per heavy atom. The van der Waals surface area contributed by atoms with Gasteiger partial charge in [0.25, 0.3) is 0 Å². The van der Waals surface area contributed by atoms with Crippen LogP contribution in [0.2, 0.25) is 5.02 Å². The van der Waals surface area contributed by atoms with Gasteiger partial charge in [-0.05, 0) is 66.8 Å². The Bertz CT molecular complexity index is 876. The number of hydrogen-bond donors (Lipinski definition) is 0. The maximum Gasteiger partial charge on any atom is 0.127 e. The Morgan fingerprint density at radius 2 is 1.46 bits per heavy atom. The zero-order valence-electron chi connectivity index (χ0n) is 14.6. The summed E-state index contributed by atoms with van der Waals surface area (Å²) in [4.78, 5) is 0. The summed E-state index contributed by atoms with van der Waals surface area (Å²) in [5, 5.41) is 0.798. The topological polar surface area (TPSA) is 9.23 Å². The smallest absolute Gasteiger partial charge is 0.127 e. The van der Waals surface area contributed by atoms with Crippen molar-refractivity contribution in [1.29, 1.82) is 0 Å². The van der Waals surface area contributed by atoms with E-state index in [0.29, 0.717) is 0 Å². The van der Waals surface area contributed by atoms with Crippen molar-refractivity contribution in [2.24, 2.45) is 0 Å². The lowest BCUT2D eigenvalue weighted by atomic mass is 9.95. The molecule has 0 heterocycles. The van der Waals surface area contributed by atoms with Crippen LogP contribution >= 0.6 is 11.6 Å². The fourth-order valence-corrected chi connectivity index (χ4v) is 3.33. The minimum atomic E-state index is 0.223. The molecule has 0 aromatic heterocycles. The second kappa shape index (κ2) is 7.39. The highest BCUT2D eigenvalue weighted by molar-refractivity contribution is 6.30. The van der Waals surface area contributed by atoms with Crippen molar-refractivity contribution in [2.45, 2.75) is 24.7 Å². The molecule has 0 spiro atoms. The van der Waals surface area contributed by atoms with Crippen LogP contribution in [0.25, 0.3) is 0 Å². The third kappa shape index (κ3) is 4.00. The molecule has 1 nitrogen and oxygen atoms in total. The van der Waals surface area contributed by atoms with Crippen molar-refractivity contribution in [3.8, 4) is 11.5 Å². The lowest BCUT2D eigenvalue weighted by Gasteiger charge is -2.10. The van der Waals surface area contributed by atoms with Crippen LogP contribution in [0.1, 0.15) is 24.0 Å². The first kappa shape index (κ1) is 16.9. The average molecular weight is 361 g/mol. The zero-order valence-corrected chi connectivity index (χ0v) is 15.3. The predicted octanol–water partition coefficient (Wildman–Crippen LogP) is 6.96. The number of rotatable bonds is 6. The Labute approximate surface area is 159 Å². The molecule has 4 rings (SSSR count). The van der Waals surface area contributed by atoms with Gasteiger partial charge in [0, 0.05) is 10.4 Å². The summed E-state index contributed by atoms with van der Waals surface area (Å²) in [6.45, 7) is 0. The molecule has 130 valence electrons. The van der Waals surface area contributed by atoms with E-state index in [2.05, 4.69) is 36.4 Å². The number of allylic oxidation sites excluding steroid dienone is 2. The van der Waals surface area contributed by atoms with Gasteiger partial charge in [-0.1, -0.05) is 66.2 Å². The number of benzene rings is 3. The molecule has 0 radical (unpaired) electrons. The molecule has 0 aliphatic heterocycles. The minimum absolute atomic E-state index is 0.223. The molecule has 3 aromatic rings. The summed E-state index contributed by atoms with van der Waals surface area (Å²) < 4.78 is 5.84. The van der Waals surface area contributed by atoms with Crippen LogP contribution in [0.4, 0.5) is 0 Å². The number of ether oxygens (including phenoxy) is 1. The second-order valence-electron chi connectivity index (χ2n) is 6.83. The van der Waals surface area contributed by atoms with Crippen molar-refractivity contribution in [1.82, 2.24) is 0 Å². The third-order valence-corrected chi connectivity index (χ3v) is 5.15. The summed E-state index contributed by atoms with van der Waals surface area (Å²) in [5.41, 5.74) is 2.87. The molecule has 0 saturated heterocycles. The molecular formula is C24H21ClO. The molecule has 3 aromatic carbocycles. The molecule has 1 aliphatic carbocycles. The van der Waals surface area contributed by atoms with Crippen molar-refractivity contribution < 1.29 is 4.74 Å². The highest BCUT2D eigenvalue weighted by Crippen LogP contribution is 2.49. The SMILES string of the molecule is Clc1ccc(C2(C=CCc3ccc(Oc4ccccc4)cc3)CC2)cc1. The lowest BCUT2D eigenvalue weighted by Crippen LogP contribution is -2.01. The van der Waals surface area contributed by atoms with E-state index in [1.165, 1.54) is 24.0 Å². The maximum absolute atomic E-state index is 6.00. The molecule has 1 aliphatic rings. The van der Waals surface area contributed by atoms with Crippen LogP contribution in [-0.2, 0) is 11.8 Å². The molecule has 0 unspecified atom stereocenters. The fourth-order valence-electron chi connectivity index (χ4n) is 3.21. The second-order valence-corrected chi connectivity index (χ2v) is 7.27. The van der Waals surface area contributed by atoms with E-state index in [9.17, 15) is 0 Å². The standard InChI is InChI=1S/C24H21ClO/c25-21-12-10-20(11-13-21)24(17-18-24)16-4-5-19-8-14-23(15-9-19)26-22-6-2-1-3-7-22/h1-4,6-16H,5,17-18H2. The van der Waals surface area contributed by atoms with Gasteiger partial charge in [0.1, 0.15) is 11.5 Å². The number of halogens is 1. The first-order valence-corrected chi connectivity index (χ1v) is 9.37. The molecule has 0 bridgehead atoms. The van der Waals surface area contributed by atoms with E-state index in [-0.39, 0.29) is 5.41 Å². The molecule has 0 amide bonds. The van der Waals surface area contributed by atoms with Gasteiger partial charge in [0.05, 0.1) is 0 Å². The lowest BCUT2D eigenvalue weighted by molar-refractivity contribution is 0.482. The molecule has 26 heavy (non-hydrogen) atoms. The van der Waals surface area contributed by atoms with E-state index in [4.69, 9.17) is 16.3 Å². The Kier molecular flexibility index (Phi) is 4.81. The van der Waals surface area contributed by atoms with E-state index < -0.39 is 0 Å². The van der Waals surface area contributed by atoms with Crippen LogP contribution in [0, 0.1) is 0 Å². The average Bonchev–Trinajstić information content (AvgIpc) is 3.46. The zero-order chi connectivity index (χ0) is 17.8. The summed E-state index contributed by atoms with van der Waals surface area (Å²) in [6, 6.07) is 26.4. The molecule has 1 fully saturated rings. The van der Waals surface area contributed by atoms with Crippen molar-refractivity contribution in [2.75, 3.05) is 0 Å². The van der Waals surface area contributed by atoms with Crippen molar-refractivity contribution >= 4 is 11.6 Å². The van der Waals surface area contributed by atoms with E-state index in [0.717, 1.165) is 22.9 Å². The van der Waals surface area contributed by atoms with Crippen molar-refractivity contribution in [3.63, 3.8) is 0 Å². The van der Waals surface area contributed by atoms with Gasteiger partial charge in [-0.2, -0.15) is 0 Å². The molecule has 1 saturated carbocycles. The number of para-hydroxylation sites is 1. The Balaban J connectivity index is 1.37. The van der Waals surface area contributed by atoms with E-state index >= 15 is 0 Å². The fraction of sp³-hybridized carbons (Fsp3) is 0.167. The van der Waals surface area contributed by atoms with Crippen molar-refractivity contribution in [3.05, 3.63) is 107 Å². The molecular weight excluding hydrogens is 340 g/mol. The van der Waals surface area contributed by atoms with Gasteiger partial charge in [0.2, 0.25) is 0 Å². The summed E-state index contributed by atoms with van der Waals surface area (Å²) in [5.74, 6) is 1.72. The monoisotopic (exact) mass is 360 g/mol. The minimum Gasteiger partial charge on any atom is -0.457 e. The van der Waals surface area contributed by atoms with Crippen LogP contribution in [-0.4, -0.2) is 0 Å². The summed E-state index contributed by atoms with van der Waals surface area (Å²) in [7, 11) is 0. The Morgan fingerprint density at radius 1 is 0.808 bits per heavy atom. The van der Waals surface area contributed by atoms with Crippen LogP contribution in [0.15, 0.2) is 91.0 Å². The van der Waals surface area contributed by atoms with E-state index in [1.54, 1.807) is 0 Å². The summed E-state index contributed by atoms with van der Waals surface area (Å²) in [6.07, 6.45) is 8.02. The summed E-state index contributed by atoms with van der Waals surface area (Å²) >= 11 is 6.00. The van der Waals surface area contributed by atoms with Gasteiger partial charge in [-0.3, -0.25) is 0 Å². The maximum atomic E-state index is 6.00. The highest BCUT2D eigenvalue weighted by Gasteiger charge is 2.41. The quantitative estimate of drug-likeness (QED) is 0.431. The van der Waals surface area contributed by atoms with Gasteiger partial charge in [0.15, 0.2) is 0 Å². The third-order valence-electron chi connectivity index (χ3n) is 4.90. The van der Waals surface area contributed by atoms with Gasteiger partial charge in [-0.25, -0.2) is 0 Å².